The molecule has 3 atom stereocenters. The number of primary amides is 1. The third kappa shape index (κ3) is 5.70. The Hall–Kier alpha value is -2.60. The van der Waals surface area contributed by atoms with Crippen molar-refractivity contribution in [2.45, 2.75) is 69.1 Å². The minimum atomic E-state index is -1.79. The van der Waals surface area contributed by atoms with E-state index in [9.17, 15) is 14.4 Å². The Morgan fingerprint density at radius 2 is 1.79 bits per heavy atom. The van der Waals surface area contributed by atoms with E-state index in [-0.39, 0.29) is 5.60 Å². The number of fused-ring (bicyclic) bond motifs is 2. The molecular weight excluding hydrogens is 494 g/mol. The number of aliphatic hydroxyl groups excluding tert-OH is 1. The van der Waals surface area contributed by atoms with E-state index < -0.39 is 30.4 Å². The molecule has 2 aliphatic heterocycles. The molecule has 210 valence electrons. The molecule has 5 rings (SSSR count). The molecule has 2 saturated heterocycles. The number of rotatable bonds is 7. The van der Waals surface area contributed by atoms with Crippen LogP contribution in [-0.4, -0.2) is 88.6 Å². The lowest BCUT2D eigenvalue weighted by molar-refractivity contribution is -0.182. The fourth-order valence-corrected chi connectivity index (χ4v) is 7.01. The zero-order valence-corrected chi connectivity index (χ0v) is 21.9. The molecule has 1 amide bonds. The van der Waals surface area contributed by atoms with Gasteiger partial charge in [-0.2, -0.15) is 0 Å². The van der Waals surface area contributed by atoms with Crippen molar-refractivity contribution in [2.75, 3.05) is 33.4 Å². The summed E-state index contributed by atoms with van der Waals surface area (Å²) in [5.74, 6) is -2.45. The van der Waals surface area contributed by atoms with E-state index in [0.29, 0.717) is 29.0 Å². The van der Waals surface area contributed by atoms with Gasteiger partial charge in [-0.1, -0.05) is 6.42 Å². The van der Waals surface area contributed by atoms with Crippen molar-refractivity contribution in [3.05, 3.63) is 29.6 Å². The number of carboxylic acids is 2. The average molecular weight is 534 g/mol. The lowest BCUT2D eigenvalue weighted by Gasteiger charge is -2.58. The van der Waals surface area contributed by atoms with Gasteiger partial charge in [0.15, 0.2) is 6.10 Å². The number of methoxy groups -OCH3 is 1. The van der Waals surface area contributed by atoms with Crippen LogP contribution in [0, 0.1) is 17.3 Å². The maximum Gasteiger partial charge on any atom is 0.333 e. The average Bonchev–Trinajstić information content (AvgIpc) is 2.87. The highest BCUT2D eigenvalue weighted by atomic mass is 16.5. The second-order valence-corrected chi connectivity index (χ2v) is 11.2. The largest absolute Gasteiger partial charge is 0.481 e. The van der Waals surface area contributed by atoms with Gasteiger partial charge < -0.3 is 30.5 Å². The summed E-state index contributed by atoms with van der Waals surface area (Å²) in [5.41, 5.74) is 7.09. The topological polar surface area (TPSA) is 173 Å². The molecule has 1 aromatic rings. The van der Waals surface area contributed by atoms with Gasteiger partial charge in [0, 0.05) is 49.7 Å². The molecular formula is C27H39N3O8. The van der Waals surface area contributed by atoms with Gasteiger partial charge in [-0.05, 0) is 56.2 Å². The second kappa shape index (κ2) is 11.6. The molecule has 1 aromatic heterocycles. The molecule has 0 aromatic carbocycles. The predicted octanol–water partition coefficient (Wildman–Crippen LogP) is 1.62. The quantitative estimate of drug-likeness (QED) is 0.403. The monoisotopic (exact) mass is 533 g/mol. The van der Waals surface area contributed by atoms with E-state index in [1.165, 1.54) is 44.9 Å². The minimum absolute atomic E-state index is 0.333. The molecule has 4 fully saturated rings. The molecule has 2 aliphatic carbocycles. The first-order valence-electron chi connectivity index (χ1n) is 13.4. The Balaban J connectivity index is 0.000000323. The van der Waals surface area contributed by atoms with E-state index >= 15 is 0 Å². The molecule has 5 N–H and O–H groups in total. The Kier molecular flexibility index (Phi) is 8.71. The molecule has 11 heteroatoms. The number of hydrogen-bond donors (Lipinski definition) is 4. The highest BCUT2D eigenvalue weighted by Crippen LogP contribution is 2.53. The van der Waals surface area contributed by atoms with Crippen molar-refractivity contribution in [2.24, 2.45) is 23.0 Å². The van der Waals surface area contributed by atoms with Gasteiger partial charge in [-0.15, -0.1) is 0 Å². The zero-order chi connectivity index (χ0) is 27.5. The van der Waals surface area contributed by atoms with Gasteiger partial charge in [-0.3, -0.25) is 19.5 Å². The third-order valence-corrected chi connectivity index (χ3v) is 9.03. The maximum absolute atomic E-state index is 11.7. The van der Waals surface area contributed by atoms with Gasteiger partial charge in [0.05, 0.1) is 19.6 Å². The number of aromatic nitrogens is 1. The van der Waals surface area contributed by atoms with Gasteiger partial charge in [0.25, 0.3) is 5.91 Å². The van der Waals surface area contributed by atoms with Crippen LogP contribution in [0.4, 0.5) is 0 Å². The smallest absolute Gasteiger partial charge is 0.333 e. The summed E-state index contributed by atoms with van der Waals surface area (Å²) in [6.45, 7) is 4.10. The minimum Gasteiger partial charge on any atom is -0.481 e. The number of aliphatic carboxylic acids is 2. The number of hydrogen-bond acceptors (Lipinski definition) is 8. The van der Waals surface area contributed by atoms with Crippen molar-refractivity contribution in [1.29, 1.82) is 0 Å². The van der Waals surface area contributed by atoms with Crippen molar-refractivity contribution in [3.8, 4) is 0 Å². The zero-order valence-electron chi connectivity index (χ0n) is 21.9. The fraction of sp³-hybridized carbons (Fsp3) is 0.704. The number of carbonyl (C=O) groups excluding carboxylic acids is 1. The highest BCUT2D eigenvalue weighted by molar-refractivity contribution is 5.90. The Morgan fingerprint density at radius 3 is 2.24 bits per heavy atom. The van der Waals surface area contributed by atoms with E-state index in [0.717, 1.165) is 31.9 Å². The van der Waals surface area contributed by atoms with Crippen molar-refractivity contribution >= 4 is 17.8 Å². The van der Waals surface area contributed by atoms with Gasteiger partial charge >= 0.3 is 11.9 Å². The first kappa shape index (κ1) is 28.4. The molecule has 38 heavy (non-hydrogen) atoms. The molecule has 2 bridgehead atoms. The highest BCUT2D eigenvalue weighted by Gasteiger charge is 2.54. The lowest BCUT2D eigenvalue weighted by Crippen LogP contribution is -2.61. The summed E-state index contributed by atoms with van der Waals surface area (Å²) in [6.07, 6.45) is 7.97. The molecule has 1 spiro atoms. The normalized spacial score (nSPS) is 29.4. The van der Waals surface area contributed by atoms with Crippen LogP contribution in [0.3, 0.4) is 0 Å². The first-order chi connectivity index (χ1) is 18.1. The second-order valence-electron chi connectivity index (χ2n) is 11.2. The maximum atomic E-state index is 11.7. The standard InChI is InChI=1S/C23H33N3O3.C4H6O5/c1-28-23(16-7-10-25-20(11-16)21(24)27)17-3-2-4-18(23)13-26(12-17)19-5-8-22(9-6-19)14-29-15-22;5-2(4(8)9)1-3(6)7/h7,10-11,17-19H,2-6,8-9,12-15H2,1H3,(H2,24,27);2,5H,1H2,(H,6,7)(H,8,9)/t;2-/m.0/s1. The number of nitrogens with two attached hydrogens (primary N) is 1. The molecule has 2 saturated carbocycles. The van der Waals surface area contributed by atoms with Crippen molar-refractivity contribution < 1.29 is 39.2 Å². The Morgan fingerprint density at radius 1 is 1.16 bits per heavy atom. The van der Waals surface area contributed by atoms with E-state index in [2.05, 4.69) is 9.88 Å². The lowest BCUT2D eigenvalue weighted by atomic mass is 9.61. The number of carbonyl (C=O) groups is 3. The molecule has 3 heterocycles. The van der Waals surface area contributed by atoms with Crippen LogP contribution in [0.5, 0.6) is 0 Å². The molecule has 4 aliphatic rings. The van der Waals surface area contributed by atoms with Gasteiger partial charge in [-0.25, -0.2) is 4.79 Å². The van der Waals surface area contributed by atoms with Crippen LogP contribution < -0.4 is 5.73 Å². The SMILES string of the molecule is COC1(c2ccnc(C(N)=O)c2)C2CCCC1CN(C1CCC3(CC1)COC3)C2.O=C(O)C[C@H](O)C(=O)O. The molecule has 11 nitrogen and oxygen atoms in total. The molecule has 0 radical (unpaired) electrons. The third-order valence-electron chi connectivity index (χ3n) is 9.03. The molecule has 2 unspecified atom stereocenters. The summed E-state index contributed by atoms with van der Waals surface area (Å²) in [4.78, 5) is 38.0. The van der Waals surface area contributed by atoms with Crippen LogP contribution in [0.25, 0.3) is 0 Å². The van der Waals surface area contributed by atoms with Crippen LogP contribution >= 0.6 is 0 Å². The van der Waals surface area contributed by atoms with Crippen molar-refractivity contribution in [1.82, 2.24) is 9.88 Å². The summed E-state index contributed by atoms with van der Waals surface area (Å²) >= 11 is 0. The number of likely N-dealkylation sites (tertiary alicyclic amines) is 1. The number of pyridine rings is 1. The van der Waals surface area contributed by atoms with Crippen molar-refractivity contribution in [3.63, 3.8) is 0 Å². The number of aliphatic hydroxyl groups is 1. The van der Waals surface area contributed by atoms with Crippen LogP contribution in [0.15, 0.2) is 18.3 Å². The summed E-state index contributed by atoms with van der Waals surface area (Å²) in [7, 11) is 1.84. The number of amides is 1. The number of nitrogens with zero attached hydrogens (tertiary/aromatic N) is 2. The van der Waals surface area contributed by atoms with E-state index in [4.69, 9.17) is 30.5 Å². The van der Waals surface area contributed by atoms with E-state index in [1.54, 1.807) is 6.20 Å². The van der Waals surface area contributed by atoms with Gasteiger partial charge in [0.1, 0.15) is 11.3 Å². The number of carboxylic acid groups (broad SMARTS) is 2. The summed E-state index contributed by atoms with van der Waals surface area (Å²) < 4.78 is 11.8. The van der Waals surface area contributed by atoms with Crippen LogP contribution in [0.2, 0.25) is 0 Å². The van der Waals surface area contributed by atoms with Crippen LogP contribution in [-0.2, 0) is 24.7 Å². The summed E-state index contributed by atoms with van der Waals surface area (Å²) in [5, 5.41) is 24.1. The predicted molar refractivity (Wildman–Crippen MR) is 135 cm³/mol. The number of ether oxygens (including phenoxy) is 2. The van der Waals surface area contributed by atoms with E-state index in [1.807, 2.05) is 19.2 Å². The number of piperidine rings is 1. The summed E-state index contributed by atoms with van der Waals surface area (Å²) in [6, 6.07) is 4.59. The fourth-order valence-electron chi connectivity index (χ4n) is 7.01. The first-order valence-corrected chi connectivity index (χ1v) is 13.4. The van der Waals surface area contributed by atoms with Crippen LogP contribution in [0.1, 0.15) is 67.4 Å². The Bertz CT molecular complexity index is 1010. The van der Waals surface area contributed by atoms with Gasteiger partial charge in [0.2, 0.25) is 0 Å². The Labute approximate surface area is 222 Å².